The van der Waals surface area contributed by atoms with E-state index in [9.17, 15) is 9.59 Å². The van der Waals surface area contributed by atoms with Gasteiger partial charge in [0.25, 0.3) is 5.91 Å². The van der Waals surface area contributed by atoms with Gasteiger partial charge in [0.2, 0.25) is 5.91 Å². The van der Waals surface area contributed by atoms with Crippen LogP contribution in [0.1, 0.15) is 30.9 Å². The van der Waals surface area contributed by atoms with Crippen LogP contribution < -0.4 is 10.1 Å². The number of ether oxygens (including phenoxy) is 1. The molecule has 0 aromatic heterocycles. The Hall–Kier alpha value is -2.24. The highest BCUT2D eigenvalue weighted by Gasteiger charge is 2.21. The van der Waals surface area contributed by atoms with Gasteiger partial charge in [-0.2, -0.15) is 0 Å². The number of halogens is 2. The smallest absolute Gasteiger partial charge is 0.261 e. The molecule has 28 heavy (non-hydrogen) atoms. The minimum atomic E-state index is -0.733. The summed E-state index contributed by atoms with van der Waals surface area (Å²) in [5.74, 6) is 0.284. The fraction of sp³-hybridized carbons (Fsp3) is 0.333. The van der Waals surface area contributed by atoms with Crippen molar-refractivity contribution in [2.75, 3.05) is 6.54 Å². The van der Waals surface area contributed by atoms with Crippen molar-refractivity contribution in [3.63, 3.8) is 0 Å². The maximum Gasteiger partial charge on any atom is 0.261 e. The first-order chi connectivity index (χ1) is 13.5. The molecule has 148 valence electrons. The van der Waals surface area contributed by atoms with Gasteiger partial charge in [0.05, 0.1) is 5.02 Å². The number of hydrogen-bond acceptors (Lipinski definition) is 3. The third kappa shape index (κ3) is 4.97. The number of hydrogen-bond donors (Lipinski definition) is 1. The molecule has 1 saturated heterocycles. The van der Waals surface area contributed by atoms with Crippen LogP contribution in [0.4, 0.5) is 0 Å². The standard InChI is InChI=1S/C21H22Cl2N2O3/c1-14(28-18-9-4-8-17(22)20(18)23)21(27)24-12-15-6-2-3-7-16(15)13-25-11-5-10-19(25)26/h2-4,6-9,14H,5,10-13H2,1H3,(H,24,27)/t14-/m1/s1. The lowest BCUT2D eigenvalue weighted by atomic mass is 10.1. The maximum absolute atomic E-state index is 12.4. The Bertz CT molecular complexity index is 872. The Morgan fingerprint density at radius 3 is 2.64 bits per heavy atom. The Labute approximate surface area is 174 Å². The van der Waals surface area contributed by atoms with Crippen molar-refractivity contribution >= 4 is 35.0 Å². The van der Waals surface area contributed by atoms with Crippen LogP contribution in [0.25, 0.3) is 0 Å². The first-order valence-electron chi connectivity index (χ1n) is 9.18. The zero-order valence-electron chi connectivity index (χ0n) is 15.6. The second-order valence-corrected chi connectivity index (χ2v) is 7.50. The topological polar surface area (TPSA) is 58.6 Å². The summed E-state index contributed by atoms with van der Waals surface area (Å²) < 4.78 is 5.65. The third-order valence-corrected chi connectivity index (χ3v) is 5.49. The molecular weight excluding hydrogens is 399 g/mol. The average molecular weight is 421 g/mol. The lowest BCUT2D eigenvalue weighted by Gasteiger charge is -2.19. The van der Waals surface area contributed by atoms with Crippen molar-refractivity contribution in [3.8, 4) is 5.75 Å². The van der Waals surface area contributed by atoms with E-state index < -0.39 is 6.10 Å². The number of benzene rings is 2. The molecule has 1 fully saturated rings. The van der Waals surface area contributed by atoms with Crippen molar-refractivity contribution in [1.29, 1.82) is 0 Å². The minimum absolute atomic E-state index is 0.180. The van der Waals surface area contributed by atoms with Crippen LogP contribution in [0.2, 0.25) is 10.0 Å². The van der Waals surface area contributed by atoms with Gasteiger partial charge in [0, 0.05) is 26.1 Å². The number of rotatable bonds is 7. The fourth-order valence-corrected chi connectivity index (χ4v) is 3.44. The van der Waals surface area contributed by atoms with E-state index in [0.29, 0.717) is 30.3 Å². The van der Waals surface area contributed by atoms with E-state index in [1.54, 1.807) is 25.1 Å². The van der Waals surface area contributed by atoms with E-state index in [0.717, 1.165) is 24.1 Å². The van der Waals surface area contributed by atoms with Crippen molar-refractivity contribution in [3.05, 3.63) is 63.6 Å². The predicted octanol–water partition coefficient (Wildman–Crippen LogP) is 4.20. The molecule has 2 aromatic carbocycles. The van der Waals surface area contributed by atoms with Crippen LogP contribution in [0, 0.1) is 0 Å². The third-order valence-electron chi connectivity index (χ3n) is 4.69. The Balaban J connectivity index is 1.59. The van der Waals surface area contributed by atoms with Gasteiger partial charge in [0.15, 0.2) is 6.10 Å². The molecule has 2 aromatic rings. The molecular formula is C21H22Cl2N2O3. The summed E-state index contributed by atoms with van der Waals surface area (Å²) in [5, 5.41) is 3.54. The highest BCUT2D eigenvalue weighted by atomic mass is 35.5. The van der Waals surface area contributed by atoms with Crippen molar-refractivity contribution in [1.82, 2.24) is 10.2 Å². The zero-order chi connectivity index (χ0) is 20.1. The molecule has 1 aliphatic rings. The number of carbonyl (C=O) groups excluding carboxylic acids is 2. The maximum atomic E-state index is 12.4. The van der Waals surface area contributed by atoms with Gasteiger partial charge in [-0.15, -0.1) is 0 Å². The van der Waals surface area contributed by atoms with E-state index >= 15 is 0 Å². The van der Waals surface area contributed by atoms with Gasteiger partial charge in [-0.05, 0) is 36.6 Å². The molecule has 2 amide bonds. The first-order valence-corrected chi connectivity index (χ1v) is 9.94. The van der Waals surface area contributed by atoms with Gasteiger partial charge in [-0.1, -0.05) is 53.5 Å². The van der Waals surface area contributed by atoms with Crippen LogP contribution in [-0.4, -0.2) is 29.4 Å². The van der Waals surface area contributed by atoms with E-state index in [2.05, 4.69) is 5.32 Å². The predicted molar refractivity (Wildman–Crippen MR) is 109 cm³/mol. The second-order valence-electron chi connectivity index (χ2n) is 6.72. The number of amides is 2. The Morgan fingerprint density at radius 2 is 1.93 bits per heavy atom. The Kier molecular flexibility index (Phi) is 6.81. The lowest BCUT2D eigenvalue weighted by molar-refractivity contribution is -0.128. The van der Waals surface area contributed by atoms with Gasteiger partial charge in [-0.3, -0.25) is 9.59 Å². The molecule has 1 aliphatic heterocycles. The van der Waals surface area contributed by atoms with Crippen LogP contribution in [0.3, 0.4) is 0 Å². The molecule has 0 unspecified atom stereocenters. The summed E-state index contributed by atoms with van der Waals surface area (Å²) in [7, 11) is 0. The summed E-state index contributed by atoms with van der Waals surface area (Å²) in [6.45, 7) is 3.36. The lowest BCUT2D eigenvalue weighted by Crippen LogP contribution is -2.36. The van der Waals surface area contributed by atoms with Gasteiger partial charge in [0.1, 0.15) is 10.8 Å². The van der Waals surface area contributed by atoms with Gasteiger partial charge >= 0.3 is 0 Å². The molecule has 1 heterocycles. The summed E-state index contributed by atoms with van der Waals surface area (Å²) in [6.07, 6.45) is 0.779. The normalized spacial score (nSPS) is 14.8. The molecule has 0 saturated carbocycles. The number of carbonyl (C=O) groups is 2. The highest BCUT2D eigenvalue weighted by Crippen LogP contribution is 2.32. The largest absolute Gasteiger partial charge is 0.479 e. The molecule has 1 atom stereocenters. The quantitative estimate of drug-likeness (QED) is 0.729. The van der Waals surface area contributed by atoms with Crippen LogP contribution in [0.5, 0.6) is 5.75 Å². The van der Waals surface area contributed by atoms with Crippen molar-refractivity contribution in [2.24, 2.45) is 0 Å². The van der Waals surface area contributed by atoms with Crippen LogP contribution in [-0.2, 0) is 22.7 Å². The number of nitrogens with one attached hydrogen (secondary N) is 1. The van der Waals surface area contributed by atoms with Crippen LogP contribution in [0.15, 0.2) is 42.5 Å². The van der Waals surface area contributed by atoms with Crippen LogP contribution >= 0.6 is 23.2 Å². The molecule has 0 aliphatic carbocycles. The van der Waals surface area contributed by atoms with Gasteiger partial charge < -0.3 is 15.0 Å². The monoisotopic (exact) mass is 420 g/mol. The van der Waals surface area contributed by atoms with Crippen molar-refractivity contribution in [2.45, 2.75) is 39.0 Å². The summed E-state index contributed by atoms with van der Waals surface area (Å²) in [4.78, 5) is 26.2. The zero-order valence-corrected chi connectivity index (χ0v) is 17.1. The molecule has 0 radical (unpaired) electrons. The van der Waals surface area contributed by atoms with Gasteiger partial charge in [-0.25, -0.2) is 0 Å². The summed E-state index contributed by atoms with van der Waals surface area (Å²) in [6, 6.07) is 12.8. The Morgan fingerprint density at radius 1 is 1.18 bits per heavy atom. The summed E-state index contributed by atoms with van der Waals surface area (Å²) in [5.41, 5.74) is 2.01. The second kappa shape index (κ2) is 9.30. The minimum Gasteiger partial charge on any atom is -0.479 e. The van der Waals surface area contributed by atoms with E-state index in [-0.39, 0.29) is 16.8 Å². The summed E-state index contributed by atoms with van der Waals surface area (Å²) >= 11 is 12.1. The van der Waals surface area contributed by atoms with E-state index in [1.165, 1.54) is 0 Å². The molecule has 0 spiro atoms. The molecule has 7 heteroatoms. The molecule has 3 rings (SSSR count). The van der Waals surface area contributed by atoms with E-state index in [4.69, 9.17) is 27.9 Å². The average Bonchev–Trinajstić information content (AvgIpc) is 3.09. The van der Waals surface area contributed by atoms with E-state index in [1.807, 2.05) is 29.2 Å². The van der Waals surface area contributed by atoms with Crippen molar-refractivity contribution < 1.29 is 14.3 Å². The number of likely N-dealkylation sites (tertiary alicyclic amines) is 1. The molecule has 1 N–H and O–H groups in total. The first kappa shape index (κ1) is 20.5. The fourth-order valence-electron chi connectivity index (χ4n) is 3.11. The highest BCUT2D eigenvalue weighted by molar-refractivity contribution is 6.42. The molecule has 0 bridgehead atoms. The molecule has 5 nitrogen and oxygen atoms in total. The SMILES string of the molecule is C[C@@H](Oc1cccc(Cl)c1Cl)C(=O)NCc1ccccc1CN1CCCC1=O. The number of nitrogens with zero attached hydrogens (tertiary/aromatic N) is 1.